The van der Waals surface area contributed by atoms with E-state index in [-0.39, 0.29) is 5.43 Å². The topological polar surface area (TPSA) is 32.9 Å². The second-order valence-corrected chi connectivity index (χ2v) is 5.72. The van der Waals surface area contributed by atoms with Gasteiger partial charge in [0.2, 0.25) is 0 Å². The molecule has 0 aliphatic heterocycles. The molecule has 0 aliphatic carbocycles. The van der Waals surface area contributed by atoms with Crippen molar-refractivity contribution in [2.24, 2.45) is 0 Å². The summed E-state index contributed by atoms with van der Waals surface area (Å²) in [6, 6.07) is 16.2. The molecule has 0 saturated carbocycles. The van der Waals surface area contributed by atoms with Gasteiger partial charge < -0.3 is 4.98 Å². The summed E-state index contributed by atoms with van der Waals surface area (Å²) in [6.07, 6.45) is 0. The van der Waals surface area contributed by atoms with Gasteiger partial charge in [-0.25, -0.2) is 0 Å². The average Bonchev–Trinajstić information content (AvgIpc) is 2.48. The van der Waals surface area contributed by atoms with Gasteiger partial charge in [0.25, 0.3) is 0 Å². The lowest BCUT2D eigenvalue weighted by Gasteiger charge is -2.07. The maximum absolute atomic E-state index is 12.7. The summed E-state index contributed by atoms with van der Waals surface area (Å²) < 4.78 is 0. The van der Waals surface area contributed by atoms with Crippen molar-refractivity contribution in [3.8, 4) is 0 Å². The molecule has 0 atom stereocenters. The van der Waals surface area contributed by atoms with Gasteiger partial charge in [-0.2, -0.15) is 0 Å². The minimum Gasteiger partial charge on any atom is -0.354 e. The SMILES string of the molecule is Cc1ccc2[nH]c3c(ccc4ccc(C)cc43)c(=O)c2c1. The van der Waals surface area contributed by atoms with Crippen LogP contribution in [0.25, 0.3) is 32.6 Å². The molecule has 0 saturated heterocycles. The van der Waals surface area contributed by atoms with Gasteiger partial charge in [-0.05, 0) is 43.5 Å². The molecule has 102 valence electrons. The summed E-state index contributed by atoms with van der Waals surface area (Å²) in [4.78, 5) is 16.2. The Balaban J connectivity index is 2.30. The van der Waals surface area contributed by atoms with Crippen LogP contribution in [0.2, 0.25) is 0 Å². The van der Waals surface area contributed by atoms with Crippen molar-refractivity contribution in [2.45, 2.75) is 13.8 Å². The number of pyridine rings is 1. The molecule has 1 aromatic heterocycles. The Morgan fingerprint density at radius 1 is 0.762 bits per heavy atom. The summed E-state index contributed by atoms with van der Waals surface area (Å²) in [5.74, 6) is 0. The summed E-state index contributed by atoms with van der Waals surface area (Å²) >= 11 is 0. The highest BCUT2D eigenvalue weighted by molar-refractivity contribution is 6.08. The Morgan fingerprint density at radius 3 is 2.24 bits per heavy atom. The summed E-state index contributed by atoms with van der Waals surface area (Å²) in [6.45, 7) is 4.08. The first-order valence-corrected chi connectivity index (χ1v) is 7.09. The van der Waals surface area contributed by atoms with Gasteiger partial charge in [0, 0.05) is 21.7 Å². The van der Waals surface area contributed by atoms with Gasteiger partial charge in [0.05, 0.1) is 5.52 Å². The first-order valence-electron chi connectivity index (χ1n) is 7.09. The highest BCUT2D eigenvalue weighted by Crippen LogP contribution is 2.25. The Bertz CT molecular complexity index is 1070. The minimum atomic E-state index is 0.103. The smallest absolute Gasteiger partial charge is 0.197 e. The fourth-order valence-corrected chi connectivity index (χ4v) is 2.99. The largest absolute Gasteiger partial charge is 0.354 e. The molecular formula is C19H15NO. The lowest BCUT2D eigenvalue weighted by Crippen LogP contribution is -2.04. The molecule has 2 nitrogen and oxygen atoms in total. The number of rotatable bonds is 0. The Morgan fingerprint density at radius 2 is 1.43 bits per heavy atom. The zero-order chi connectivity index (χ0) is 14.6. The molecule has 0 amide bonds. The standard InChI is InChI=1S/C19H15NO/c1-11-3-5-13-6-7-14-18(15(13)9-11)20-17-8-4-12(2)10-16(17)19(14)21/h3-10H,1-2H3,(H,20,21). The molecule has 21 heavy (non-hydrogen) atoms. The molecule has 0 bridgehead atoms. The van der Waals surface area contributed by atoms with E-state index in [1.165, 1.54) is 5.56 Å². The van der Waals surface area contributed by atoms with Crippen molar-refractivity contribution in [3.05, 3.63) is 69.9 Å². The van der Waals surface area contributed by atoms with E-state index >= 15 is 0 Å². The number of hydrogen-bond acceptors (Lipinski definition) is 1. The van der Waals surface area contributed by atoms with Gasteiger partial charge in [-0.1, -0.05) is 35.4 Å². The Labute approximate surface area is 122 Å². The van der Waals surface area contributed by atoms with Gasteiger partial charge >= 0.3 is 0 Å². The average molecular weight is 273 g/mol. The van der Waals surface area contributed by atoms with Gasteiger partial charge in [-0.15, -0.1) is 0 Å². The highest BCUT2D eigenvalue weighted by Gasteiger charge is 2.08. The Hall–Kier alpha value is -2.61. The number of benzene rings is 3. The van der Waals surface area contributed by atoms with Crippen LogP contribution in [-0.2, 0) is 0 Å². The van der Waals surface area contributed by atoms with Crippen LogP contribution in [0.5, 0.6) is 0 Å². The third-order valence-corrected chi connectivity index (χ3v) is 4.10. The van der Waals surface area contributed by atoms with Gasteiger partial charge in [-0.3, -0.25) is 4.79 Å². The number of H-pyrrole nitrogens is 1. The molecule has 4 aromatic rings. The maximum Gasteiger partial charge on any atom is 0.197 e. The highest BCUT2D eigenvalue weighted by atomic mass is 16.1. The van der Waals surface area contributed by atoms with Crippen LogP contribution >= 0.6 is 0 Å². The quantitative estimate of drug-likeness (QED) is 0.372. The van der Waals surface area contributed by atoms with Crippen LogP contribution in [0.4, 0.5) is 0 Å². The molecule has 0 unspecified atom stereocenters. The Kier molecular flexibility index (Phi) is 2.43. The molecule has 0 radical (unpaired) electrons. The summed E-state index contributed by atoms with van der Waals surface area (Å²) in [5, 5.41) is 3.77. The predicted octanol–water partition coefficient (Wildman–Crippen LogP) is 4.45. The van der Waals surface area contributed by atoms with Crippen molar-refractivity contribution in [2.75, 3.05) is 0 Å². The normalized spacial score (nSPS) is 11.5. The third kappa shape index (κ3) is 1.76. The van der Waals surface area contributed by atoms with Crippen LogP contribution in [0, 0.1) is 13.8 Å². The van der Waals surface area contributed by atoms with Crippen molar-refractivity contribution in [1.29, 1.82) is 0 Å². The van der Waals surface area contributed by atoms with E-state index in [0.717, 1.165) is 38.1 Å². The number of fused-ring (bicyclic) bond motifs is 4. The number of hydrogen-bond donors (Lipinski definition) is 1. The van der Waals surface area contributed by atoms with Crippen LogP contribution in [-0.4, -0.2) is 4.98 Å². The zero-order valence-corrected chi connectivity index (χ0v) is 12.0. The number of aromatic amines is 1. The molecule has 1 heterocycles. The van der Waals surface area contributed by atoms with E-state index in [9.17, 15) is 4.79 Å². The fourth-order valence-electron chi connectivity index (χ4n) is 2.99. The number of nitrogens with one attached hydrogen (secondary N) is 1. The molecule has 4 rings (SSSR count). The predicted molar refractivity (Wildman–Crippen MR) is 89.1 cm³/mol. The molecule has 3 aromatic carbocycles. The molecule has 0 spiro atoms. The minimum absolute atomic E-state index is 0.103. The summed E-state index contributed by atoms with van der Waals surface area (Å²) in [5.41, 5.74) is 4.22. The van der Waals surface area contributed by atoms with Crippen molar-refractivity contribution in [3.63, 3.8) is 0 Å². The second-order valence-electron chi connectivity index (χ2n) is 5.72. The molecule has 2 heteroatoms. The van der Waals surface area contributed by atoms with Crippen LogP contribution in [0.15, 0.2) is 53.3 Å². The molecule has 1 N–H and O–H groups in total. The lowest BCUT2D eigenvalue weighted by molar-refractivity contribution is 1.44. The third-order valence-electron chi connectivity index (χ3n) is 4.10. The van der Waals surface area contributed by atoms with Crippen molar-refractivity contribution < 1.29 is 0 Å². The number of aromatic nitrogens is 1. The van der Waals surface area contributed by atoms with Gasteiger partial charge in [0.1, 0.15) is 0 Å². The van der Waals surface area contributed by atoms with Crippen molar-refractivity contribution >= 4 is 32.6 Å². The van der Waals surface area contributed by atoms with Crippen LogP contribution in [0.3, 0.4) is 0 Å². The van der Waals surface area contributed by atoms with E-state index < -0.39 is 0 Å². The first-order chi connectivity index (χ1) is 10.1. The van der Waals surface area contributed by atoms with E-state index in [1.54, 1.807) is 0 Å². The van der Waals surface area contributed by atoms with Crippen molar-refractivity contribution in [1.82, 2.24) is 4.98 Å². The second kappa shape index (κ2) is 4.19. The fraction of sp³-hybridized carbons (Fsp3) is 0.105. The van der Waals surface area contributed by atoms with E-state index in [4.69, 9.17) is 0 Å². The van der Waals surface area contributed by atoms with E-state index in [0.29, 0.717) is 0 Å². The van der Waals surface area contributed by atoms with E-state index in [1.807, 2.05) is 37.3 Å². The van der Waals surface area contributed by atoms with Crippen LogP contribution in [0.1, 0.15) is 11.1 Å². The van der Waals surface area contributed by atoms with Crippen LogP contribution < -0.4 is 5.43 Å². The zero-order valence-electron chi connectivity index (χ0n) is 12.0. The first kappa shape index (κ1) is 12.2. The van der Waals surface area contributed by atoms with E-state index in [2.05, 4.69) is 30.1 Å². The lowest BCUT2D eigenvalue weighted by atomic mass is 10.0. The maximum atomic E-state index is 12.7. The summed E-state index contributed by atoms with van der Waals surface area (Å²) in [7, 11) is 0. The molecular weight excluding hydrogens is 258 g/mol. The number of aryl methyl sites for hydroxylation is 2. The van der Waals surface area contributed by atoms with Gasteiger partial charge in [0.15, 0.2) is 5.43 Å². The molecule has 0 aliphatic rings. The molecule has 0 fully saturated rings. The monoisotopic (exact) mass is 273 g/mol.